The van der Waals surface area contributed by atoms with Crippen LogP contribution in [-0.4, -0.2) is 56.3 Å². The van der Waals surface area contributed by atoms with Gasteiger partial charge < -0.3 is 20.3 Å². The van der Waals surface area contributed by atoms with Crippen LogP contribution in [0.5, 0.6) is 0 Å². The van der Waals surface area contributed by atoms with E-state index in [0.29, 0.717) is 11.5 Å². The molecular weight excluding hydrogens is 348 g/mol. The van der Waals surface area contributed by atoms with Crippen molar-refractivity contribution in [3.05, 3.63) is 35.9 Å². The molecule has 3 rings (SSSR count). The SMILES string of the molecule is CCC(CC)(CNC(=NC)N1CCC2(CCOC2)C1)NC(C)c1ccccc1. The topological polar surface area (TPSA) is 48.9 Å². The number of benzene rings is 1. The molecule has 1 aromatic rings. The highest BCUT2D eigenvalue weighted by atomic mass is 16.5. The molecule has 28 heavy (non-hydrogen) atoms. The zero-order chi connectivity index (χ0) is 20.0. The van der Waals surface area contributed by atoms with Gasteiger partial charge in [0.1, 0.15) is 0 Å². The molecule has 5 nitrogen and oxygen atoms in total. The van der Waals surface area contributed by atoms with E-state index in [0.717, 1.165) is 51.6 Å². The molecule has 2 saturated heterocycles. The molecule has 1 spiro atoms. The first kappa shape index (κ1) is 21.1. The summed E-state index contributed by atoms with van der Waals surface area (Å²) in [5, 5.41) is 7.60. The summed E-state index contributed by atoms with van der Waals surface area (Å²) >= 11 is 0. The third-order valence-electron chi connectivity index (χ3n) is 6.90. The molecule has 0 aromatic heterocycles. The first-order chi connectivity index (χ1) is 13.6. The van der Waals surface area contributed by atoms with Gasteiger partial charge in [0.2, 0.25) is 0 Å². The van der Waals surface area contributed by atoms with Gasteiger partial charge in [0, 0.05) is 50.3 Å². The second-order valence-electron chi connectivity index (χ2n) is 8.64. The van der Waals surface area contributed by atoms with E-state index in [-0.39, 0.29) is 5.54 Å². The lowest BCUT2D eigenvalue weighted by Gasteiger charge is -2.37. The van der Waals surface area contributed by atoms with Crippen molar-refractivity contribution in [1.82, 2.24) is 15.5 Å². The van der Waals surface area contributed by atoms with Crippen molar-refractivity contribution in [1.29, 1.82) is 0 Å². The molecule has 2 atom stereocenters. The second kappa shape index (κ2) is 9.27. The maximum absolute atomic E-state index is 5.68. The van der Waals surface area contributed by atoms with E-state index in [4.69, 9.17) is 4.74 Å². The van der Waals surface area contributed by atoms with Gasteiger partial charge in [-0.15, -0.1) is 0 Å². The van der Waals surface area contributed by atoms with Gasteiger partial charge in [0.05, 0.1) is 6.61 Å². The number of hydrogen-bond acceptors (Lipinski definition) is 3. The van der Waals surface area contributed by atoms with Crippen molar-refractivity contribution in [2.45, 2.75) is 58.0 Å². The van der Waals surface area contributed by atoms with E-state index in [2.05, 4.69) is 71.6 Å². The molecule has 2 heterocycles. The fraction of sp³-hybridized carbons (Fsp3) is 0.696. The minimum atomic E-state index is 0.0408. The Bertz CT molecular complexity index is 635. The minimum absolute atomic E-state index is 0.0408. The smallest absolute Gasteiger partial charge is 0.193 e. The van der Waals surface area contributed by atoms with Crippen molar-refractivity contribution < 1.29 is 4.74 Å². The number of ether oxygens (including phenoxy) is 1. The van der Waals surface area contributed by atoms with Crippen LogP contribution in [0, 0.1) is 5.41 Å². The highest BCUT2D eigenvalue weighted by Crippen LogP contribution is 2.38. The maximum Gasteiger partial charge on any atom is 0.193 e. The normalized spacial score (nSPS) is 24.1. The summed E-state index contributed by atoms with van der Waals surface area (Å²) in [6.45, 7) is 11.6. The van der Waals surface area contributed by atoms with Gasteiger partial charge in [-0.3, -0.25) is 4.99 Å². The van der Waals surface area contributed by atoms with Crippen LogP contribution >= 0.6 is 0 Å². The number of rotatable bonds is 7. The van der Waals surface area contributed by atoms with E-state index in [1.54, 1.807) is 0 Å². The first-order valence-corrected chi connectivity index (χ1v) is 10.9. The number of guanidine groups is 1. The van der Waals surface area contributed by atoms with Crippen molar-refractivity contribution in [2.24, 2.45) is 10.4 Å². The van der Waals surface area contributed by atoms with Crippen LogP contribution < -0.4 is 10.6 Å². The lowest BCUT2D eigenvalue weighted by molar-refractivity contribution is 0.156. The van der Waals surface area contributed by atoms with Gasteiger partial charge in [0.25, 0.3) is 0 Å². The molecule has 2 unspecified atom stereocenters. The predicted octanol–water partition coefficient (Wildman–Crippen LogP) is 3.58. The Balaban J connectivity index is 1.61. The number of nitrogens with zero attached hydrogens (tertiary/aromatic N) is 2. The Morgan fingerprint density at radius 2 is 2.00 bits per heavy atom. The third-order valence-corrected chi connectivity index (χ3v) is 6.90. The van der Waals surface area contributed by atoms with Crippen molar-refractivity contribution in [3.63, 3.8) is 0 Å². The van der Waals surface area contributed by atoms with Gasteiger partial charge in [0.15, 0.2) is 5.96 Å². The molecule has 2 aliphatic rings. The van der Waals surface area contributed by atoms with Crippen LogP contribution in [0.2, 0.25) is 0 Å². The molecule has 0 aliphatic carbocycles. The van der Waals surface area contributed by atoms with Crippen LogP contribution in [0.1, 0.15) is 58.1 Å². The standard InChI is InChI=1S/C23H38N4O/c1-5-23(6-2,26-19(3)20-10-8-7-9-11-20)16-25-21(24-4)27-14-12-22(17-27)13-15-28-18-22/h7-11,19,26H,5-6,12-18H2,1-4H3,(H,24,25). The maximum atomic E-state index is 5.68. The second-order valence-corrected chi connectivity index (χ2v) is 8.64. The van der Waals surface area contributed by atoms with Gasteiger partial charge >= 0.3 is 0 Å². The Kier molecular flexibility index (Phi) is 7.00. The summed E-state index contributed by atoms with van der Waals surface area (Å²) in [5.41, 5.74) is 1.73. The van der Waals surface area contributed by atoms with E-state index < -0.39 is 0 Å². The number of hydrogen-bond donors (Lipinski definition) is 2. The summed E-state index contributed by atoms with van der Waals surface area (Å²) in [6, 6.07) is 11.0. The molecule has 2 fully saturated rings. The monoisotopic (exact) mass is 386 g/mol. The molecule has 5 heteroatoms. The average molecular weight is 387 g/mol. The largest absolute Gasteiger partial charge is 0.381 e. The zero-order valence-corrected chi connectivity index (χ0v) is 18.1. The Labute approximate surface area is 170 Å². The molecule has 156 valence electrons. The third kappa shape index (κ3) is 4.69. The highest BCUT2D eigenvalue weighted by Gasteiger charge is 2.42. The first-order valence-electron chi connectivity index (χ1n) is 10.9. The lowest BCUT2D eigenvalue weighted by atomic mass is 9.87. The molecule has 0 bridgehead atoms. The quantitative estimate of drug-likeness (QED) is 0.555. The molecule has 1 aromatic carbocycles. The molecule has 2 N–H and O–H groups in total. The van der Waals surface area contributed by atoms with Crippen LogP contribution in [0.3, 0.4) is 0 Å². The summed E-state index contributed by atoms with van der Waals surface area (Å²) in [5.74, 6) is 1.03. The highest BCUT2D eigenvalue weighted by molar-refractivity contribution is 5.80. The van der Waals surface area contributed by atoms with E-state index >= 15 is 0 Å². The van der Waals surface area contributed by atoms with Crippen LogP contribution in [0.4, 0.5) is 0 Å². The molecular formula is C23H38N4O. The fourth-order valence-corrected chi connectivity index (χ4v) is 4.71. The summed E-state index contributed by atoms with van der Waals surface area (Å²) in [4.78, 5) is 7.02. The Hall–Kier alpha value is -1.59. The van der Waals surface area contributed by atoms with Gasteiger partial charge in [-0.05, 0) is 38.2 Å². The molecule has 0 saturated carbocycles. The van der Waals surface area contributed by atoms with Crippen LogP contribution in [0.15, 0.2) is 35.3 Å². The van der Waals surface area contributed by atoms with E-state index in [9.17, 15) is 0 Å². The van der Waals surface area contributed by atoms with Crippen molar-refractivity contribution in [2.75, 3.05) is 39.9 Å². The van der Waals surface area contributed by atoms with Crippen LogP contribution in [0.25, 0.3) is 0 Å². The fourth-order valence-electron chi connectivity index (χ4n) is 4.71. The molecule has 0 radical (unpaired) electrons. The number of aliphatic imine (C=N–C) groups is 1. The minimum Gasteiger partial charge on any atom is -0.381 e. The summed E-state index contributed by atoms with van der Waals surface area (Å²) in [7, 11) is 1.90. The van der Waals surface area contributed by atoms with Crippen LogP contribution in [-0.2, 0) is 4.74 Å². The number of likely N-dealkylation sites (tertiary alicyclic amines) is 1. The van der Waals surface area contributed by atoms with Gasteiger partial charge in [-0.2, -0.15) is 0 Å². The molecule has 0 amide bonds. The average Bonchev–Trinajstić information content (AvgIpc) is 3.38. The lowest BCUT2D eigenvalue weighted by Crippen LogP contribution is -2.55. The van der Waals surface area contributed by atoms with E-state index in [1.165, 1.54) is 18.4 Å². The van der Waals surface area contributed by atoms with Gasteiger partial charge in [-0.25, -0.2) is 0 Å². The zero-order valence-electron chi connectivity index (χ0n) is 18.1. The predicted molar refractivity (Wildman–Crippen MR) is 117 cm³/mol. The molecule has 2 aliphatic heterocycles. The van der Waals surface area contributed by atoms with Crippen molar-refractivity contribution in [3.8, 4) is 0 Å². The van der Waals surface area contributed by atoms with Crippen molar-refractivity contribution >= 4 is 5.96 Å². The Morgan fingerprint density at radius 1 is 1.25 bits per heavy atom. The van der Waals surface area contributed by atoms with E-state index in [1.807, 2.05) is 7.05 Å². The number of nitrogens with one attached hydrogen (secondary N) is 2. The van der Waals surface area contributed by atoms with Gasteiger partial charge in [-0.1, -0.05) is 44.2 Å². The summed E-state index contributed by atoms with van der Waals surface area (Å²) < 4.78 is 5.68. The Morgan fingerprint density at radius 3 is 2.61 bits per heavy atom. The summed E-state index contributed by atoms with van der Waals surface area (Å²) in [6.07, 6.45) is 4.54.